The van der Waals surface area contributed by atoms with Crippen molar-refractivity contribution < 1.29 is 9.18 Å². The van der Waals surface area contributed by atoms with E-state index in [-0.39, 0.29) is 10.9 Å². The Labute approximate surface area is 130 Å². The van der Waals surface area contributed by atoms with Crippen LogP contribution in [0.5, 0.6) is 0 Å². The molecule has 0 bridgehead atoms. The Bertz CT molecular complexity index is 499. The van der Waals surface area contributed by atoms with Gasteiger partial charge in [0.1, 0.15) is 5.82 Å². The SMILES string of the molecule is NCC1(C(=O)NCc2ccc(F)c(Cl)c2)CCCCCC1. The lowest BCUT2D eigenvalue weighted by Crippen LogP contribution is -2.45. The molecular weight excluding hydrogens is 291 g/mol. The summed E-state index contributed by atoms with van der Waals surface area (Å²) < 4.78 is 13.1. The number of hydrogen-bond donors (Lipinski definition) is 2. The zero-order valence-corrected chi connectivity index (χ0v) is 12.9. The van der Waals surface area contributed by atoms with Crippen LogP contribution in [0.1, 0.15) is 44.1 Å². The van der Waals surface area contributed by atoms with Crippen LogP contribution in [-0.4, -0.2) is 12.5 Å². The van der Waals surface area contributed by atoms with Gasteiger partial charge in [-0.25, -0.2) is 4.39 Å². The maximum atomic E-state index is 13.1. The fourth-order valence-electron chi connectivity index (χ4n) is 2.95. The number of nitrogens with one attached hydrogen (secondary N) is 1. The predicted octanol–water partition coefficient (Wildman–Crippen LogP) is 3.39. The summed E-state index contributed by atoms with van der Waals surface area (Å²) in [5, 5.41) is 3.01. The standard InChI is InChI=1S/C16H22ClFN2O/c17-13-9-12(5-6-14(13)18)10-20-15(21)16(11-19)7-3-1-2-4-8-16/h5-6,9H,1-4,7-8,10-11,19H2,(H,20,21). The summed E-state index contributed by atoms with van der Waals surface area (Å²) in [5.41, 5.74) is 6.23. The van der Waals surface area contributed by atoms with Crippen molar-refractivity contribution in [3.63, 3.8) is 0 Å². The fourth-order valence-corrected chi connectivity index (χ4v) is 3.15. The van der Waals surface area contributed by atoms with E-state index >= 15 is 0 Å². The Balaban J connectivity index is 2.00. The first-order chi connectivity index (χ1) is 10.1. The molecule has 5 heteroatoms. The van der Waals surface area contributed by atoms with Gasteiger partial charge >= 0.3 is 0 Å². The van der Waals surface area contributed by atoms with Crippen molar-refractivity contribution in [3.05, 3.63) is 34.6 Å². The topological polar surface area (TPSA) is 55.1 Å². The van der Waals surface area contributed by atoms with Crippen molar-refractivity contribution in [3.8, 4) is 0 Å². The van der Waals surface area contributed by atoms with Crippen LogP contribution in [0, 0.1) is 11.2 Å². The molecule has 1 amide bonds. The van der Waals surface area contributed by atoms with E-state index in [1.165, 1.54) is 18.9 Å². The molecule has 0 saturated heterocycles. The van der Waals surface area contributed by atoms with Gasteiger partial charge in [0, 0.05) is 13.1 Å². The lowest BCUT2D eigenvalue weighted by molar-refractivity contribution is -0.131. The minimum absolute atomic E-state index is 0.00680. The number of rotatable bonds is 4. The van der Waals surface area contributed by atoms with E-state index in [0.717, 1.165) is 31.2 Å². The first-order valence-electron chi connectivity index (χ1n) is 7.50. The molecule has 0 heterocycles. The van der Waals surface area contributed by atoms with E-state index in [1.807, 2.05) is 0 Å². The lowest BCUT2D eigenvalue weighted by Gasteiger charge is -2.29. The van der Waals surface area contributed by atoms with E-state index in [9.17, 15) is 9.18 Å². The Hall–Kier alpha value is -1.13. The molecule has 0 aliphatic heterocycles. The third-order valence-corrected chi connectivity index (χ3v) is 4.66. The third kappa shape index (κ3) is 3.95. The number of carbonyl (C=O) groups excluding carboxylic acids is 1. The van der Waals surface area contributed by atoms with Crippen LogP contribution < -0.4 is 11.1 Å². The van der Waals surface area contributed by atoms with E-state index in [2.05, 4.69) is 5.32 Å². The molecule has 21 heavy (non-hydrogen) atoms. The van der Waals surface area contributed by atoms with Crippen molar-refractivity contribution in [2.45, 2.75) is 45.1 Å². The number of halogens is 2. The second-order valence-electron chi connectivity index (χ2n) is 5.83. The van der Waals surface area contributed by atoms with Crippen LogP contribution in [0.4, 0.5) is 4.39 Å². The lowest BCUT2D eigenvalue weighted by atomic mass is 9.79. The molecule has 0 atom stereocenters. The number of nitrogens with two attached hydrogens (primary N) is 1. The normalized spacial score (nSPS) is 18.0. The summed E-state index contributed by atoms with van der Waals surface area (Å²) in [6.07, 6.45) is 6.13. The number of carbonyl (C=O) groups is 1. The van der Waals surface area contributed by atoms with Crippen molar-refractivity contribution >= 4 is 17.5 Å². The van der Waals surface area contributed by atoms with Crippen molar-refractivity contribution in [1.82, 2.24) is 5.32 Å². The molecule has 1 aliphatic rings. The van der Waals surface area contributed by atoms with Gasteiger partial charge in [0.05, 0.1) is 10.4 Å². The second-order valence-corrected chi connectivity index (χ2v) is 6.24. The summed E-state index contributed by atoms with van der Waals surface area (Å²) in [4.78, 5) is 12.5. The molecule has 2 rings (SSSR count). The van der Waals surface area contributed by atoms with Gasteiger partial charge in [0.25, 0.3) is 0 Å². The molecule has 1 fully saturated rings. The van der Waals surface area contributed by atoms with Gasteiger partial charge in [-0.2, -0.15) is 0 Å². The molecule has 1 aliphatic carbocycles. The summed E-state index contributed by atoms with van der Waals surface area (Å²) in [6, 6.07) is 4.48. The van der Waals surface area contributed by atoms with Crippen LogP contribution in [0.25, 0.3) is 0 Å². The summed E-state index contributed by atoms with van der Waals surface area (Å²) in [5.74, 6) is -0.443. The van der Waals surface area contributed by atoms with Gasteiger partial charge in [0.15, 0.2) is 0 Å². The van der Waals surface area contributed by atoms with Crippen LogP contribution in [0.3, 0.4) is 0 Å². The quantitative estimate of drug-likeness (QED) is 0.837. The average Bonchev–Trinajstić information content (AvgIpc) is 2.74. The number of benzene rings is 1. The zero-order chi connectivity index (χ0) is 15.3. The van der Waals surface area contributed by atoms with Gasteiger partial charge in [0.2, 0.25) is 5.91 Å². The van der Waals surface area contributed by atoms with E-state index in [4.69, 9.17) is 17.3 Å². The smallest absolute Gasteiger partial charge is 0.227 e. The average molecular weight is 313 g/mol. The van der Waals surface area contributed by atoms with Gasteiger partial charge in [-0.05, 0) is 30.5 Å². The molecule has 116 valence electrons. The van der Waals surface area contributed by atoms with Crippen LogP contribution in [0.2, 0.25) is 5.02 Å². The summed E-state index contributed by atoms with van der Waals surface area (Å²) in [6.45, 7) is 0.726. The highest BCUT2D eigenvalue weighted by molar-refractivity contribution is 6.30. The van der Waals surface area contributed by atoms with Gasteiger partial charge in [-0.3, -0.25) is 4.79 Å². The molecule has 0 radical (unpaired) electrons. The fraction of sp³-hybridized carbons (Fsp3) is 0.562. The largest absolute Gasteiger partial charge is 0.352 e. The monoisotopic (exact) mass is 312 g/mol. The highest BCUT2D eigenvalue weighted by Gasteiger charge is 2.36. The Morgan fingerprint density at radius 1 is 1.29 bits per heavy atom. The van der Waals surface area contributed by atoms with E-state index < -0.39 is 11.2 Å². The van der Waals surface area contributed by atoms with Gasteiger partial charge in [-0.15, -0.1) is 0 Å². The summed E-state index contributed by atoms with van der Waals surface area (Å²) in [7, 11) is 0. The minimum Gasteiger partial charge on any atom is -0.352 e. The molecule has 1 aromatic carbocycles. The molecule has 3 N–H and O–H groups in total. The van der Waals surface area contributed by atoms with Crippen molar-refractivity contribution in [2.24, 2.45) is 11.1 Å². The maximum absolute atomic E-state index is 13.1. The number of amides is 1. The molecule has 0 spiro atoms. The highest BCUT2D eigenvalue weighted by Crippen LogP contribution is 2.34. The number of hydrogen-bond acceptors (Lipinski definition) is 2. The highest BCUT2D eigenvalue weighted by atomic mass is 35.5. The molecule has 0 unspecified atom stereocenters. The molecular formula is C16H22ClFN2O. The Morgan fingerprint density at radius 3 is 2.52 bits per heavy atom. The summed E-state index contributed by atoms with van der Waals surface area (Å²) >= 11 is 5.75. The first-order valence-corrected chi connectivity index (χ1v) is 7.87. The predicted molar refractivity (Wildman–Crippen MR) is 82.4 cm³/mol. The van der Waals surface area contributed by atoms with E-state index in [1.54, 1.807) is 12.1 Å². The van der Waals surface area contributed by atoms with Crippen molar-refractivity contribution in [1.29, 1.82) is 0 Å². The zero-order valence-electron chi connectivity index (χ0n) is 12.1. The molecule has 0 aromatic heterocycles. The van der Waals surface area contributed by atoms with Gasteiger partial charge < -0.3 is 11.1 Å². The van der Waals surface area contributed by atoms with Crippen LogP contribution in [-0.2, 0) is 11.3 Å². The van der Waals surface area contributed by atoms with Crippen molar-refractivity contribution in [2.75, 3.05) is 6.54 Å². The Morgan fingerprint density at radius 2 is 1.95 bits per heavy atom. The van der Waals surface area contributed by atoms with Crippen LogP contribution >= 0.6 is 11.6 Å². The van der Waals surface area contributed by atoms with Gasteiger partial charge in [-0.1, -0.05) is 43.4 Å². The maximum Gasteiger partial charge on any atom is 0.227 e. The minimum atomic E-state index is -0.450. The molecule has 3 nitrogen and oxygen atoms in total. The molecule has 1 aromatic rings. The Kier molecular flexibility index (Phi) is 5.59. The first kappa shape index (κ1) is 16.2. The molecule has 1 saturated carbocycles. The van der Waals surface area contributed by atoms with Crippen LogP contribution in [0.15, 0.2) is 18.2 Å². The third-order valence-electron chi connectivity index (χ3n) is 4.37. The van der Waals surface area contributed by atoms with E-state index in [0.29, 0.717) is 13.1 Å². The second kappa shape index (κ2) is 7.23.